The summed E-state index contributed by atoms with van der Waals surface area (Å²) in [5.41, 5.74) is 0. The van der Waals surface area contributed by atoms with E-state index >= 15 is 0 Å². The van der Waals surface area contributed by atoms with E-state index in [0.29, 0.717) is 0 Å². The molecule has 3 heteroatoms. The van der Waals surface area contributed by atoms with Gasteiger partial charge in [0.15, 0.2) is 6.21 Å². The second-order valence-corrected chi connectivity index (χ2v) is 3.01. The fourth-order valence-corrected chi connectivity index (χ4v) is 0.917. The van der Waals surface area contributed by atoms with Crippen LogP contribution in [0, 0.1) is 0 Å². The Kier molecular flexibility index (Phi) is 10.1. The van der Waals surface area contributed by atoms with Gasteiger partial charge in [-0.3, -0.25) is 0 Å². The molecule has 0 radical (unpaired) electrons. The van der Waals surface area contributed by atoms with E-state index in [0.717, 1.165) is 5.03 Å². The summed E-state index contributed by atoms with van der Waals surface area (Å²) in [4.78, 5) is 1.91. The van der Waals surface area contributed by atoms with Gasteiger partial charge in [-0.25, -0.2) is 4.58 Å². The fourth-order valence-electron chi connectivity index (χ4n) is 0.527. The van der Waals surface area contributed by atoms with Gasteiger partial charge in [-0.1, -0.05) is 25.4 Å². The van der Waals surface area contributed by atoms with Gasteiger partial charge in [0.2, 0.25) is 0 Å². The molecule has 2 nitrogen and oxygen atoms in total. The average molecular weight is 192 g/mol. The summed E-state index contributed by atoms with van der Waals surface area (Å²) in [5, 5.41) is 0.731. The van der Waals surface area contributed by atoms with Crippen LogP contribution in [0.5, 0.6) is 0 Å². The van der Waals surface area contributed by atoms with Gasteiger partial charge in [-0.2, -0.15) is 0 Å². The number of halogens is 1. The van der Waals surface area contributed by atoms with E-state index in [-0.39, 0.29) is 0 Å². The third-order valence-corrected chi connectivity index (χ3v) is 0.958. The predicted octanol–water partition coefficient (Wildman–Crippen LogP) is 2.00. The minimum atomic E-state index is 0.731. The summed E-state index contributed by atoms with van der Waals surface area (Å²) < 4.78 is 1.91. The molecule has 12 heavy (non-hydrogen) atoms. The van der Waals surface area contributed by atoms with Crippen molar-refractivity contribution >= 4 is 17.8 Å². The molecule has 0 amide bonds. The second kappa shape index (κ2) is 8.60. The number of hydrogen-bond donors (Lipinski definition) is 0. The van der Waals surface area contributed by atoms with Crippen LogP contribution in [0.4, 0.5) is 0 Å². The Morgan fingerprint density at radius 1 is 1.25 bits per heavy atom. The molecule has 0 aromatic carbocycles. The van der Waals surface area contributed by atoms with E-state index in [1.807, 2.05) is 63.9 Å². The zero-order valence-electron chi connectivity index (χ0n) is 8.93. The molecule has 0 aromatic heterocycles. The van der Waals surface area contributed by atoms with Gasteiger partial charge in [0, 0.05) is 20.3 Å². The molecule has 0 bridgehead atoms. The molecule has 0 aromatic rings. The third-order valence-electron chi connectivity index (χ3n) is 0.763. The number of nitrogens with zero attached hydrogens (tertiary/aromatic N) is 2. The van der Waals surface area contributed by atoms with Crippen LogP contribution in [0.3, 0.4) is 0 Å². The predicted molar refractivity (Wildman–Crippen MR) is 57.1 cm³/mol. The van der Waals surface area contributed by atoms with Crippen LogP contribution >= 0.6 is 11.6 Å². The Balaban J connectivity index is 0. The van der Waals surface area contributed by atoms with Gasteiger partial charge in [-0.05, 0) is 0 Å². The Labute approximate surface area is 81.1 Å². The summed E-state index contributed by atoms with van der Waals surface area (Å²) in [6, 6.07) is 0. The molecule has 0 heterocycles. The van der Waals surface area contributed by atoms with Crippen molar-refractivity contribution < 1.29 is 4.58 Å². The zero-order chi connectivity index (χ0) is 10.1. The summed E-state index contributed by atoms with van der Waals surface area (Å²) in [5.74, 6) is 0. The van der Waals surface area contributed by atoms with E-state index in [1.165, 1.54) is 0 Å². The molecule has 0 atom stereocenters. The molecule has 0 N–H and O–H groups in total. The largest absolute Gasteiger partial charge is 0.382 e. The Morgan fingerprint density at radius 3 is 1.92 bits per heavy atom. The molecule has 0 spiro atoms. The Hall–Kier alpha value is -0.500. The van der Waals surface area contributed by atoms with Crippen molar-refractivity contribution in [3.8, 4) is 0 Å². The molecule has 0 aliphatic rings. The molecule has 0 unspecified atom stereocenters. The SMILES string of the molecule is CC.CN(C)/C=C(\Cl)C=[N+](C)C. The topological polar surface area (TPSA) is 6.25 Å². The summed E-state index contributed by atoms with van der Waals surface area (Å²) in [6.07, 6.45) is 3.70. The molecule has 0 aliphatic carbocycles. The number of hydrogen-bond acceptors (Lipinski definition) is 1. The van der Waals surface area contributed by atoms with Crippen LogP contribution in [0.15, 0.2) is 11.2 Å². The molecule has 0 saturated carbocycles. The number of allylic oxidation sites excluding steroid dienone is 1. The fraction of sp³-hybridized carbons (Fsp3) is 0.667. The first-order chi connectivity index (χ1) is 5.52. The Bertz CT molecular complexity index is 156. The first kappa shape index (κ1) is 14.0. The van der Waals surface area contributed by atoms with Crippen LogP contribution < -0.4 is 0 Å². The van der Waals surface area contributed by atoms with Gasteiger partial charge >= 0.3 is 0 Å². The highest BCUT2D eigenvalue weighted by Crippen LogP contribution is 1.96. The van der Waals surface area contributed by atoms with E-state index in [1.54, 1.807) is 0 Å². The zero-order valence-corrected chi connectivity index (χ0v) is 9.68. The molecule has 0 aliphatic heterocycles. The van der Waals surface area contributed by atoms with Crippen molar-refractivity contribution in [1.29, 1.82) is 0 Å². The van der Waals surface area contributed by atoms with Gasteiger partial charge in [0.1, 0.15) is 19.1 Å². The van der Waals surface area contributed by atoms with E-state index in [9.17, 15) is 0 Å². The minimum Gasteiger partial charge on any atom is -0.382 e. The molecule has 0 rings (SSSR count). The van der Waals surface area contributed by atoms with Crippen molar-refractivity contribution in [3.05, 3.63) is 11.2 Å². The third kappa shape index (κ3) is 12.2. The first-order valence-electron chi connectivity index (χ1n) is 4.07. The van der Waals surface area contributed by atoms with Crippen LogP contribution in [0.2, 0.25) is 0 Å². The smallest absolute Gasteiger partial charge is 0.183 e. The van der Waals surface area contributed by atoms with Gasteiger partial charge in [0.05, 0.1) is 0 Å². The lowest BCUT2D eigenvalue weighted by Crippen LogP contribution is -2.04. The normalized spacial score (nSPS) is 9.75. The minimum absolute atomic E-state index is 0.731. The van der Waals surface area contributed by atoms with Gasteiger partial charge in [-0.15, -0.1) is 0 Å². The van der Waals surface area contributed by atoms with E-state index in [2.05, 4.69) is 0 Å². The molecular weight excluding hydrogens is 172 g/mol. The van der Waals surface area contributed by atoms with Crippen LogP contribution in [-0.4, -0.2) is 43.9 Å². The lowest BCUT2D eigenvalue weighted by Gasteiger charge is -2.02. The average Bonchev–Trinajstić information content (AvgIpc) is 1.87. The van der Waals surface area contributed by atoms with Gasteiger partial charge in [0.25, 0.3) is 0 Å². The second-order valence-electron chi connectivity index (χ2n) is 2.57. The summed E-state index contributed by atoms with van der Waals surface area (Å²) in [6.45, 7) is 4.00. The van der Waals surface area contributed by atoms with Crippen molar-refractivity contribution in [1.82, 2.24) is 4.90 Å². The highest BCUT2D eigenvalue weighted by Gasteiger charge is 1.91. The van der Waals surface area contributed by atoms with Gasteiger partial charge < -0.3 is 4.90 Å². The molecule has 72 valence electrons. The van der Waals surface area contributed by atoms with Crippen molar-refractivity contribution in [2.45, 2.75) is 13.8 Å². The van der Waals surface area contributed by atoms with Crippen molar-refractivity contribution in [3.63, 3.8) is 0 Å². The summed E-state index contributed by atoms with van der Waals surface area (Å²) in [7, 11) is 7.75. The first-order valence-corrected chi connectivity index (χ1v) is 4.45. The number of rotatable bonds is 2. The standard InChI is InChI=1S/C7H14ClN2.C2H6/c1-9(2)5-7(8)6-10(3)4;1-2/h5-6H,1-4H3;1-2H3/q+1;. The van der Waals surface area contributed by atoms with E-state index < -0.39 is 0 Å². The summed E-state index contributed by atoms with van der Waals surface area (Å²) >= 11 is 5.79. The quantitative estimate of drug-likeness (QED) is 0.478. The van der Waals surface area contributed by atoms with Crippen LogP contribution in [-0.2, 0) is 0 Å². The van der Waals surface area contributed by atoms with Crippen LogP contribution in [0.25, 0.3) is 0 Å². The Morgan fingerprint density at radius 2 is 1.67 bits per heavy atom. The lowest BCUT2D eigenvalue weighted by atomic mass is 10.6. The van der Waals surface area contributed by atoms with Crippen LogP contribution in [0.1, 0.15) is 13.8 Å². The molecule has 0 fully saturated rings. The maximum absolute atomic E-state index is 5.79. The highest BCUT2D eigenvalue weighted by molar-refractivity contribution is 6.38. The maximum atomic E-state index is 5.79. The van der Waals surface area contributed by atoms with Crippen molar-refractivity contribution in [2.24, 2.45) is 0 Å². The van der Waals surface area contributed by atoms with Crippen molar-refractivity contribution in [2.75, 3.05) is 28.2 Å². The maximum Gasteiger partial charge on any atom is 0.183 e. The molecule has 0 saturated heterocycles. The molecular formula is C9H20ClN2+. The monoisotopic (exact) mass is 191 g/mol. The highest BCUT2D eigenvalue weighted by atomic mass is 35.5. The van der Waals surface area contributed by atoms with E-state index in [4.69, 9.17) is 11.6 Å². The lowest BCUT2D eigenvalue weighted by molar-refractivity contribution is -0.458.